The molecule has 1 rings (SSSR count). The summed E-state index contributed by atoms with van der Waals surface area (Å²) in [4.78, 5) is 14.7. The molecule has 20 heavy (non-hydrogen) atoms. The van der Waals surface area contributed by atoms with E-state index in [2.05, 4.69) is 15.6 Å². The van der Waals surface area contributed by atoms with Crippen LogP contribution in [0.15, 0.2) is 12.1 Å². The maximum Gasteiger partial charge on any atom is 0.311 e. The Hall–Kier alpha value is -1.70. The Morgan fingerprint density at radius 3 is 2.75 bits per heavy atom. The smallest absolute Gasteiger partial charge is 0.311 e. The van der Waals surface area contributed by atoms with E-state index in [-0.39, 0.29) is 17.5 Å². The molecule has 0 aliphatic rings. The molecule has 7 nitrogen and oxygen atoms in total. The second-order valence-electron chi connectivity index (χ2n) is 4.46. The normalized spacial score (nSPS) is 13.6. The molecule has 0 radical (unpaired) electrons. The van der Waals surface area contributed by atoms with Crippen molar-refractivity contribution in [2.45, 2.75) is 26.3 Å². The first kappa shape index (κ1) is 16.4. The van der Waals surface area contributed by atoms with Gasteiger partial charge in [0.1, 0.15) is 5.82 Å². The highest BCUT2D eigenvalue weighted by atomic mass is 32.2. The van der Waals surface area contributed by atoms with Crippen LogP contribution in [-0.2, 0) is 10.8 Å². The summed E-state index contributed by atoms with van der Waals surface area (Å²) in [6.45, 7) is 4.50. The topological polar surface area (TPSA) is 97.2 Å². The number of nitrogens with one attached hydrogen (secondary N) is 2. The fraction of sp³-hybridized carbons (Fsp3) is 0.583. The van der Waals surface area contributed by atoms with Crippen molar-refractivity contribution in [2.24, 2.45) is 0 Å². The summed E-state index contributed by atoms with van der Waals surface area (Å²) < 4.78 is 11.1. The molecular weight excluding hydrogens is 280 g/mol. The van der Waals surface area contributed by atoms with Gasteiger partial charge < -0.3 is 10.6 Å². The lowest BCUT2D eigenvalue weighted by Crippen LogP contribution is -2.19. The second kappa shape index (κ2) is 7.78. The first-order chi connectivity index (χ1) is 9.43. The molecule has 0 amide bonds. The van der Waals surface area contributed by atoms with E-state index in [1.807, 2.05) is 13.8 Å². The van der Waals surface area contributed by atoms with E-state index in [9.17, 15) is 14.3 Å². The molecule has 1 aromatic heterocycles. The summed E-state index contributed by atoms with van der Waals surface area (Å²) in [5.41, 5.74) is -0.0591. The van der Waals surface area contributed by atoms with Gasteiger partial charge in [-0.2, -0.15) is 0 Å². The van der Waals surface area contributed by atoms with Crippen LogP contribution in [0.25, 0.3) is 0 Å². The van der Waals surface area contributed by atoms with Gasteiger partial charge in [-0.05, 0) is 26.3 Å². The number of nitrogens with zero attached hydrogens (tertiary/aromatic N) is 2. The molecule has 112 valence electrons. The minimum absolute atomic E-state index is 0.0398. The average Bonchev–Trinajstić information content (AvgIpc) is 2.36. The Balaban J connectivity index is 2.86. The van der Waals surface area contributed by atoms with Crippen molar-refractivity contribution in [3.63, 3.8) is 0 Å². The van der Waals surface area contributed by atoms with E-state index in [1.165, 1.54) is 6.07 Å². The van der Waals surface area contributed by atoms with Gasteiger partial charge in [0.25, 0.3) is 0 Å². The SMILES string of the molecule is CCNc1ccc([N+](=O)[O-])c(NC(C)CCS(C)=O)n1. The predicted octanol–water partition coefficient (Wildman–Crippen LogP) is 1.99. The van der Waals surface area contributed by atoms with Gasteiger partial charge in [0.05, 0.1) is 4.92 Å². The highest BCUT2D eigenvalue weighted by Gasteiger charge is 2.17. The first-order valence-corrected chi connectivity index (χ1v) is 8.12. The monoisotopic (exact) mass is 300 g/mol. The predicted molar refractivity (Wildman–Crippen MR) is 81.7 cm³/mol. The summed E-state index contributed by atoms with van der Waals surface area (Å²) in [5.74, 6) is 1.38. The molecule has 0 aliphatic heterocycles. The summed E-state index contributed by atoms with van der Waals surface area (Å²) >= 11 is 0. The van der Waals surface area contributed by atoms with Crippen molar-refractivity contribution in [3.8, 4) is 0 Å². The molecule has 8 heteroatoms. The van der Waals surface area contributed by atoms with Crippen molar-refractivity contribution in [2.75, 3.05) is 29.2 Å². The van der Waals surface area contributed by atoms with E-state index < -0.39 is 15.7 Å². The van der Waals surface area contributed by atoms with Crippen LogP contribution >= 0.6 is 0 Å². The van der Waals surface area contributed by atoms with Gasteiger partial charge in [-0.25, -0.2) is 4.98 Å². The van der Waals surface area contributed by atoms with Crippen molar-refractivity contribution in [1.29, 1.82) is 0 Å². The lowest BCUT2D eigenvalue weighted by Gasteiger charge is -2.14. The first-order valence-electron chi connectivity index (χ1n) is 6.40. The highest BCUT2D eigenvalue weighted by molar-refractivity contribution is 7.84. The van der Waals surface area contributed by atoms with Crippen molar-refractivity contribution in [1.82, 2.24) is 4.98 Å². The van der Waals surface area contributed by atoms with E-state index >= 15 is 0 Å². The lowest BCUT2D eigenvalue weighted by atomic mass is 10.2. The molecule has 0 aromatic carbocycles. The maximum absolute atomic E-state index is 11.1. The number of anilines is 2. The third kappa shape index (κ3) is 5.12. The van der Waals surface area contributed by atoms with Crippen molar-refractivity contribution in [3.05, 3.63) is 22.2 Å². The van der Waals surface area contributed by atoms with Crippen LogP contribution < -0.4 is 10.6 Å². The van der Waals surface area contributed by atoms with Crippen LogP contribution in [0.4, 0.5) is 17.3 Å². The largest absolute Gasteiger partial charge is 0.370 e. The molecule has 0 fully saturated rings. The van der Waals surface area contributed by atoms with Crippen LogP contribution in [0.2, 0.25) is 0 Å². The van der Waals surface area contributed by atoms with Gasteiger partial charge in [0, 0.05) is 41.5 Å². The standard InChI is InChI=1S/C12H20N4O3S/c1-4-13-11-6-5-10(16(17)18)12(15-11)14-9(2)7-8-20(3)19/h5-6,9H,4,7-8H2,1-3H3,(H2,13,14,15). The minimum Gasteiger partial charge on any atom is -0.370 e. The molecule has 1 aromatic rings. The number of rotatable bonds is 8. The van der Waals surface area contributed by atoms with E-state index in [4.69, 9.17) is 0 Å². The highest BCUT2D eigenvalue weighted by Crippen LogP contribution is 2.24. The van der Waals surface area contributed by atoms with Crippen LogP contribution in [0, 0.1) is 10.1 Å². The Morgan fingerprint density at radius 2 is 2.20 bits per heavy atom. The summed E-state index contributed by atoms with van der Waals surface area (Å²) in [7, 11) is -0.872. The van der Waals surface area contributed by atoms with Crippen molar-refractivity contribution >= 4 is 28.1 Å². The minimum atomic E-state index is -0.872. The molecule has 2 N–H and O–H groups in total. The zero-order valence-corrected chi connectivity index (χ0v) is 12.7. The van der Waals surface area contributed by atoms with Crippen LogP contribution in [0.1, 0.15) is 20.3 Å². The Labute approximate surface area is 120 Å². The van der Waals surface area contributed by atoms with Gasteiger partial charge in [-0.15, -0.1) is 0 Å². The number of pyridine rings is 1. The molecule has 0 saturated heterocycles. The summed E-state index contributed by atoms with van der Waals surface area (Å²) in [6, 6.07) is 2.97. The molecule has 0 bridgehead atoms. The summed E-state index contributed by atoms with van der Waals surface area (Å²) in [5, 5.41) is 17.0. The van der Waals surface area contributed by atoms with Gasteiger partial charge in [-0.3, -0.25) is 14.3 Å². The van der Waals surface area contributed by atoms with Gasteiger partial charge in [-0.1, -0.05) is 0 Å². The molecule has 0 spiro atoms. The van der Waals surface area contributed by atoms with Crippen molar-refractivity contribution < 1.29 is 9.13 Å². The van der Waals surface area contributed by atoms with Gasteiger partial charge >= 0.3 is 5.69 Å². The molecule has 2 unspecified atom stereocenters. The molecule has 2 atom stereocenters. The number of hydrogen-bond acceptors (Lipinski definition) is 6. The zero-order valence-electron chi connectivity index (χ0n) is 11.9. The fourth-order valence-corrected chi connectivity index (χ4v) is 2.32. The fourth-order valence-electron chi connectivity index (χ4n) is 1.63. The summed E-state index contributed by atoms with van der Waals surface area (Å²) in [6.07, 6.45) is 2.30. The average molecular weight is 300 g/mol. The van der Waals surface area contributed by atoms with Gasteiger partial charge in [0.2, 0.25) is 5.82 Å². The van der Waals surface area contributed by atoms with E-state index in [0.717, 1.165) is 0 Å². The Morgan fingerprint density at radius 1 is 1.50 bits per heavy atom. The molecule has 1 heterocycles. The van der Waals surface area contributed by atoms with E-state index in [1.54, 1.807) is 12.3 Å². The van der Waals surface area contributed by atoms with Crippen LogP contribution in [0.3, 0.4) is 0 Å². The van der Waals surface area contributed by atoms with Crippen LogP contribution in [-0.4, -0.2) is 38.7 Å². The Bertz CT molecular complexity index is 496. The lowest BCUT2D eigenvalue weighted by molar-refractivity contribution is -0.384. The number of aromatic nitrogens is 1. The number of hydrogen-bond donors (Lipinski definition) is 2. The molecule has 0 saturated carbocycles. The molecular formula is C12H20N4O3S. The quantitative estimate of drug-likeness (QED) is 0.563. The third-order valence-electron chi connectivity index (χ3n) is 2.65. The van der Waals surface area contributed by atoms with E-state index in [0.29, 0.717) is 24.5 Å². The Kier molecular flexibility index (Phi) is 6.37. The maximum atomic E-state index is 11.1. The van der Waals surface area contributed by atoms with Gasteiger partial charge in [0.15, 0.2) is 0 Å². The molecule has 0 aliphatic carbocycles. The second-order valence-corrected chi connectivity index (χ2v) is 6.02. The number of nitro groups is 1. The zero-order chi connectivity index (χ0) is 15.1. The van der Waals surface area contributed by atoms with Crippen LogP contribution in [0.5, 0.6) is 0 Å². The third-order valence-corrected chi connectivity index (χ3v) is 3.46.